The third kappa shape index (κ3) is 3.51. The van der Waals surface area contributed by atoms with E-state index < -0.39 is 0 Å². The van der Waals surface area contributed by atoms with E-state index in [0.29, 0.717) is 6.54 Å². The number of carbonyl (C=O) groups is 1. The Morgan fingerprint density at radius 2 is 1.55 bits per heavy atom. The fourth-order valence-electron chi connectivity index (χ4n) is 2.45. The molecule has 0 saturated carbocycles. The zero-order valence-corrected chi connectivity index (χ0v) is 12.3. The first kappa shape index (κ1) is 14.3. The molecule has 0 atom stereocenters. The third-order valence-electron chi connectivity index (χ3n) is 3.52. The lowest BCUT2D eigenvalue weighted by molar-refractivity contribution is -0.115. The molecule has 0 fully saturated rings. The summed E-state index contributed by atoms with van der Waals surface area (Å²) >= 11 is 0. The van der Waals surface area contributed by atoms with E-state index in [1.807, 2.05) is 72.8 Å². The van der Waals surface area contributed by atoms with Crippen LogP contribution in [0, 0.1) is 0 Å². The van der Waals surface area contributed by atoms with Crippen molar-refractivity contribution in [3.8, 4) is 0 Å². The molecule has 3 heteroatoms. The highest BCUT2D eigenvalue weighted by Gasteiger charge is 2.05. The minimum absolute atomic E-state index is 0.0349. The Morgan fingerprint density at radius 1 is 0.818 bits per heavy atom. The van der Waals surface area contributed by atoms with Crippen molar-refractivity contribution >= 4 is 22.4 Å². The van der Waals surface area contributed by atoms with E-state index in [1.54, 1.807) is 0 Å². The van der Waals surface area contributed by atoms with Crippen molar-refractivity contribution in [2.75, 3.05) is 11.9 Å². The van der Waals surface area contributed by atoms with Crippen molar-refractivity contribution < 1.29 is 4.79 Å². The standard InChI is InChI=1S/C19H18N2O/c22-19(14-20-13-15-7-2-1-3-8-15)21-18-12-6-10-16-9-4-5-11-17(16)18/h1-12,20H,13-14H2,(H,21,22). The number of nitrogens with one attached hydrogen (secondary N) is 2. The van der Waals surface area contributed by atoms with Crippen molar-refractivity contribution in [1.29, 1.82) is 0 Å². The SMILES string of the molecule is O=C(CNCc1ccccc1)Nc1cccc2ccccc12. The molecule has 3 aromatic rings. The van der Waals surface area contributed by atoms with Crippen molar-refractivity contribution in [3.05, 3.63) is 78.4 Å². The minimum Gasteiger partial charge on any atom is -0.324 e. The summed E-state index contributed by atoms with van der Waals surface area (Å²) in [4.78, 5) is 12.1. The van der Waals surface area contributed by atoms with Gasteiger partial charge in [-0.2, -0.15) is 0 Å². The lowest BCUT2D eigenvalue weighted by Gasteiger charge is -2.09. The molecular weight excluding hydrogens is 272 g/mol. The van der Waals surface area contributed by atoms with Gasteiger partial charge in [0.25, 0.3) is 0 Å². The summed E-state index contributed by atoms with van der Waals surface area (Å²) in [7, 11) is 0. The van der Waals surface area contributed by atoms with Gasteiger partial charge in [0.1, 0.15) is 0 Å². The molecule has 0 aliphatic carbocycles. The first-order valence-corrected chi connectivity index (χ1v) is 7.35. The highest BCUT2D eigenvalue weighted by Crippen LogP contribution is 2.22. The van der Waals surface area contributed by atoms with Gasteiger partial charge in [0.15, 0.2) is 0 Å². The number of anilines is 1. The monoisotopic (exact) mass is 290 g/mol. The Balaban J connectivity index is 1.59. The predicted octanol–water partition coefficient (Wildman–Crippen LogP) is 3.57. The van der Waals surface area contributed by atoms with Gasteiger partial charge in [-0.15, -0.1) is 0 Å². The first-order valence-electron chi connectivity index (χ1n) is 7.35. The summed E-state index contributed by atoms with van der Waals surface area (Å²) in [6.45, 7) is 0.974. The van der Waals surface area contributed by atoms with Crippen molar-refractivity contribution in [2.24, 2.45) is 0 Å². The number of hydrogen-bond acceptors (Lipinski definition) is 2. The Bertz CT molecular complexity index is 763. The normalized spacial score (nSPS) is 10.5. The van der Waals surface area contributed by atoms with E-state index in [-0.39, 0.29) is 12.5 Å². The van der Waals surface area contributed by atoms with Gasteiger partial charge in [0.2, 0.25) is 5.91 Å². The van der Waals surface area contributed by atoms with E-state index in [2.05, 4.69) is 10.6 Å². The average Bonchev–Trinajstić information content (AvgIpc) is 2.56. The maximum Gasteiger partial charge on any atom is 0.238 e. The van der Waals surface area contributed by atoms with Crippen molar-refractivity contribution in [1.82, 2.24) is 5.32 Å². The van der Waals surface area contributed by atoms with Crippen molar-refractivity contribution in [3.63, 3.8) is 0 Å². The summed E-state index contributed by atoms with van der Waals surface area (Å²) in [6, 6.07) is 24.0. The summed E-state index contributed by atoms with van der Waals surface area (Å²) in [5.74, 6) is -0.0349. The molecule has 22 heavy (non-hydrogen) atoms. The summed E-state index contributed by atoms with van der Waals surface area (Å²) in [6.07, 6.45) is 0. The predicted molar refractivity (Wildman–Crippen MR) is 90.7 cm³/mol. The molecule has 0 spiro atoms. The fraction of sp³-hybridized carbons (Fsp3) is 0.105. The largest absolute Gasteiger partial charge is 0.324 e. The lowest BCUT2D eigenvalue weighted by atomic mass is 10.1. The maximum atomic E-state index is 12.1. The Hall–Kier alpha value is -2.65. The highest BCUT2D eigenvalue weighted by molar-refractivity contribution is 6.02. The zero-order chi connectivity index (χ0) is 15.2. The lowest BCUT2D eigenvalue weighted by Crippen LogP contribution is -2.27. The minimum atomic E-state index is -0.0349. The second kappa shape index (κ2) is 6.87. The smallest absolute Gasteiger partial charge is 0.238 e. The van der Waals surface area contributed by atoms with E-state index in [9.17, 15) is 4.79 Å². The van der Waals surface area contributed by atoms with Crippen LogP contribution in [-0.2, 0) is 11.3 Å². The van der Waals surface area contributed by atoms with Gasteiger partial charge < -0.3 is 10.6 Å². The fourth-order valence-corrected chi connectivity index (χ4v) is 2.45. The van der Waals surface area contributed by atoms with Gasteiger partial charge >= 0.3 is 0 Å². The molecule has 3 rings (SSSR count). The topological polar surface area (TPSA) is 41.1 Å². The van der Waals surface area contributed by atoms with Crippen LogP contribution < -0.4 is 10.6 Å². The number of fused-ring (bicyclic) bond motifs is 1. The second-order valence-corrected chi connectivity index (χ2v) is 5.16. The Kier molecular flexibility index (Phi) is 4.47. The Morgan fingerprint density at radius 3 is 2.41 bits per heavy atom. The summed E-state index contributed by atoms with van der Waals surface area (Å²) in [5.41, 5.74) is 2.02. The molecular formula is C19H18N2O. The van der Waals surface area contributed by atoms with Crippen LogP contribution in [0.25, 0.3) is 10.8 Å². The molecule has 0 unspecified atom stereocenters. The molecule has 1 amide bonds. The molecule has 110 valence electrons. The maximum absolute atomic E-state index is 12.1. The molecule has 0 aromatic heterocycles. The van der Waals surface area contributed by atoms with Crippen LogP contribution in [0.1, 0.15) is 5.56 Å². The number of hydrogen-bond donors (Lipinski definition) is 2. The van der Waals surface area contributed by atoms with Crippen molar-refractivity contribution in [2.45, 2.75) is 6.54 Å². The molecule has 0 bridgehead atoms. The Labute approximate surface area is 130 Å². The zero-order valence-electron chi connectivity index (χ0n) is 12.3. The summed E-state index contributed by atoms with van der Waals surface area (Å²) in [5, 5.41) is 8.31. The third-order valence-corrected chi connectivity index (χ3v) is 3.52. The molecule has 0 saturated heterocycles. The molecule has 3 aromatic carbocycles. The number of amides is 1. The van der Waals surface area contributed by atoms with E-state index in [1.165, 1.54) is 5.56 Å². The van der Waals surface area contributed by atoms with Crippen LogP contribution in [0.3, 0.4) is 0 Å². The van der Waals surface area contributed by atoms with Gasteiger partial charge in [0, 0.05) is 17.6 Å². The molecule has 2 N–H and O–H groups in total. The van der Waals surface area contributed by atoms with E-state index in [0.717, 1.165) is 16.5 Å². The molecule has 0 heterocycles. The van der Waals surface area contributed by atoms with Gasteiger partial charge in [-0.25, -0.2) is 0 Å². The number of carbonyl (C=O) groups excluding carboxylic acids is 1. The van der Waals surface area contributed by atoms with E-state index in [4.69, 9.17) is 0 Å². The quantitative estimate of drug-likeness (QED) is 0.754. The first-order chi connectivity index (χ1) is 10.8. The van der Waals surface area contributed by atoms with Crippen LogP contribution in [0.15, 0.2) is 72.8 Å². The number of rotatable bonds is 5. The van der Waals surface area contributed by atoms with Gasteiger partial charge in [-0.3, -0.25) is 4.79 Å². The summed E-state index contributed by atoms with van der Waals surface area (Å²) < 4.78 is 0. The molecule has 0 radical (unpaired) electrons. The molecule has 3 nitrogen and oxygen atoms in total. The molecule has 0 aliphatic rings. The van der Waals surface area contributed by atoms with Gasteiger partial charge in [0.05, 0.1) is 6.54 Å². The average molecular weight is 290 g/mol. The van der Waals surface area contributed by atoms with Crippen LogP contribution in [-0.4, -0.2) is 12.5 Å². The van der Waals surface area contributed by atoms with Crippen LogP contribution in [0.5, 0.6) is 0 Å². The van der Waals surface area contributed by atoms with Crippen LogP contribution >= 0.6 is 0 Å². The van der Waals surface area contributed by atoms with Crippen LogP contribution in [0.2, 0.25) is 0 Å². The second-order valence-electron chi connectivity index (χ2n) is 5.16. The van der Waals surface area contributed by atoms with E-state index >= 15 is 0 Å². The molecule has 0 aliphatic heterocycles. The van der Waals surface area contributed by atoms with Gasteiger partial charge in [-0.1, -0.05) is 66.7 Å². The van der Waals surface area contributed by atoms with Gasteiger partial charge in [-0.05, 0) is 17.0 Å². The number of benzene rings is 3. The highest BCUT2D eigenvalue weighted by atomic mass is 16.1. The van der Waals surface area contributed by atoms with Crippen LogP contribution in [0.4, 0.5) is 5.69 Å².